The van der Waals surface area contributed by atoms with Crippen LogP contribution in [0.1, 0.15) is 25.3 Å². The van der Waals surface area contributed by atoms with Crippen molar-refractivity contribution in [2.75, 3.05) is 6.54 Å². The fourth-order valence-corrected chi connectivity index (χ4v) is 2.77. The van der Waals surface area contributed by atoms with Crippen molar-refractivity contribution in [1.82, 2.24) is 15.1 Å². The fourth-order valence-electron chi connectivity index (χ4n) is 2.77. The molecule has 116 valence electrons. The Hall–Kier alpha value is -2.17. The van der Waals surface area contributed by atoms with Crippen LogP contribution in [0.2, 0.25) is 0 Å². The van der Waals surface area contributed by atoms with Crippen molar-refractivity contribution >= 4 is 5.91 Å². The molecule has 1 aromatic heterocycles. The van der Waals surface area contributed by atoms with E-state index in [1.807, 2.05) is 16.9 Å². The maximum Gasteiger partial charge on any atom is 0.230 e. The Morgan fingerprint density at radius 1 is 1.41 bits per heavy atom. The quantitative estimate of drug-likeness (QED) is 0.891. The predicted molar refractivity (Wildman–Crippen MR) is 81.7 cm³/mol. The summed E-state index contributed by atoms with van der Waals surface area (Å²) in [6.45, 7) is 3.47. The number of carbonyl (C=O) groups is 1. The molecule has 3 rings (SSSR count). The van der Waals surface area contributed by atoms with Crippen molar-refractivity contribution in [2.45, 2.75) is 31.7 Å². The Morgan fingerprint density at radius 3 is 2.73 bits per heavy atom. The normalized spacial score (nSPS) is 17.0. The van der Waals surface area contributed by atoms with Crippen molar-refractivity contribution in [3.63, 3.8) is 0 Å². The van der Waals surface area contributed by atoms with Gasteiger partial charge in [-0.2, -0.15) is 5.10 Å². The van der Waals surface area contributed by atoms with Crippen LogP contribution in [-0.4, -0.2) is 22.2 Å². The highest BCUT2D eigenvalue weighted by molar-refractivity contribution is 5.91. The molecule has 0 radical (unpaired) electrons. The number of halogens is 1. The maximum atomic E-state index is 13.0. The van der Waals surface area contributed by atoms with E-state index in [-0.39, 0.29) is 11.7 Å². The van der Waals surface area contributed by atoms with Gasteiger partial charge in [-0.1, -0.05) is 19.1 Å². The first kappa shape index (κ1) is 14.8. The lowest BCUT2D eigenvalue weighted by atomic mass is 9.95. The lowest BCUT2D eigenvalue weighted by Crippen LogP contribution is -2.38. The van der Waals surface area contributed by atoms with Gasteiger partial charge in [0.05, 0.1) is 5.41 Å². The van der Waals surface area contributed by atoms with Gasteiger partial charge < -0.3 is 5.32 Å². The lowest BCUT2D eigenvalue weighted by molar-refractivity contribution is -0.123. The first-order valence-corrected chi connectivity index (χ1v) is 7.62. The molecule has 0 bridgehead atoms. The third kappa shape index (κ3) is 3.03. The van der Waals surface area contributed by atoms with E-state index in [0.717, 1.165) is 24.9 Å². The summed E-state index contributed by atoms with van der Waals surface area (Å²) in [5.74, 6) is 0.0760. The Morgan fingerprint density at radius 2 is 2.14 bits per heavy atom. The second-order valence-corrected chi connectivity index (χ2v) is 6.13. The molecule has 0 unspecified atom stereocenters. The Balaban J connectivity index is 1.56. The SMILES string of the molecule is C[C@H](CNC(=O)C1(c2ccc(F)cc2)CC1)Cn1cccn1. The number of hydrogen-bond acceptors (Lipinski definition) is 2. The van der Waals surface area contributed by atoms with Gasteiger partial charge in [-0.15, -0.1) is 0 Å². The van der Waals surface area contributed by atoms with E-state index in [1.165, 1.54) is 12.1 Å². The van der Waals surface area contributed by atoms with E-state index in [4.69, 9.17) is 0 Å². The van der Waals surface area contributed by atoms with E-state index >= 15 is 0 Å². The predicted octanol–water partition coefficient (Wildman–Crippen LogP) is 2.51. The molecule has 1 atom stereocenters. The van der Waals surface area contributed by atoms with E-state index in [9.17, 15) is 9.18 Å². The first-order valence-electron chi connectivity index (χ1n) is 7.62. The number of benzene rings is 1. The number of nitrogens with zero attached hydrogens (tertiary/aromatic N) is 2. The topological polar surface area (TPSA) is 46.9 Å². The molecule has 0 spiro atoms. The van der Waals surface area contributed by atoms with Crippen LogP contribution < -0.4 is 5.32 Å². The summed E-state index contributed by atoms with van der Waals surface area (Å²) >= 11 is 0. The highest BCUT2D eigenvalue weighted by atomic mass is 19.1. The van der Waals surface area contributed by atoms with Crippen LogP contribution >= 0.6 is 0 Å². The van der Waals surface area contributed by atoms with Crippen LogP contribution in [0.15, 0.2) is 42.7 Å². The van der Waals surface area contributed by atoms with Crippen molar-refractivity contribution in [3.8, 4) is 0 Å². The summed E-state index contributed by atoms with van der Waals surface area (Å²) in [6.07, 6.45) is 5.33. The van der Waals surface area contributed by atoms with E-state index < -0.39 is 5.41 Å². The van der Waals surface area contributed by atoms with E-state index in [0.29, 0.717) is 12.5 Å². The van der Waals surface area contributed by atoms with Gasteiger partial charge in [0.1, 0.15) is 5.82 Å². The van der Waals surface area contributed by atoms with E-state index in [1.54, 1.807) is 18.3 Å². The van der Waals surface area contributed by atoms with Crippen LogP contribution in [0, 0.1) is 11.7 Å². The van der Waals surface area contributed by atoms with Gasteiger partial charge in [0.2, 0.25) is 5.91 Å². The minimum absolute atomic E-state index is 0.0476. The summed E-state index contributed by atoms with van der Waals surface area (Å²) < 4.78 is 14.9. The van der Waals surface area contributed by atoms with Crippen molar-refractivity contribution in [3.05, 3.63) is 54.1 Å². The number of hydrogen-bond donors (Lipinski definition) is 1. The lowest BCUT2D eigenvalue weighted by Gasteiger charge is -2.18. The molecule has 0 saturated heterocycles. The number of amides is 1. The molecule has 1 aliphatic carbocycles. The summed E-state index contributed by atoms with van der Waals surface area (Å²) in [6, 6.07) is 8.16. The monoisotopic (exact) mass is 301 g/mol. The van der Waals surface area contributed by atoms with Crippen LogP contribution in [0.5, 0.6) is 0 Å². The van der Waals surface area contributed by atoms with Crippen molar-refractivity contribution in [2.24, 2.45) is 5.92 Å². The standard InChI is InChI=1S/C17H20FN3O/c1-13(12-21-10-2-9-20-21)11-19-16(22)17(7-8-17)14-3-5-15(18)6-4-14/h2-6,9-10,13H,7-8,11-12H2,1H3,(H,19,22)/t13-/m1/s1. The summed E-state index contributed by atoms with van der Waals surface area (Å²) in [5, 5.41) is 7.21. The van der Waals surface area contributed by atoms with Gasteiger partial charge in [-0.25, -0.2) is 4.39 Å². The molecule has 22 heavy (non-hydrogen) atoms. The molecule has 1 fully saturated rings. The van der Waals surface area contributed by atoms with Gasteiger partial charge in [-0.3, -0.25) is 9.48 Å². The zero-order chi connectivity index (χ0) is 15.6. The minimum Gasteiger partial charge on any atom is -0.355 e. The molecule has 1 amide bonds. The maximum absolute atomic E-state index is 13.0. The number of rotatable bonds is 6. The molecule has 1 aromatic carbocycles. The molecular formula is C17H20FN3O. The smallest absolute Gasteiger partial charge is 0.230 e. The third-order valence-corrected chi connectivity index (χ3v) is 4.25. The number of aromatic nitrogens is 2. The van der Waals surface area contributed by atoms with Crippen LogP contribution in [-0.2, 0) is 16.8 Å². The fraction of sp³-hybridized carbons (Fsp3) is 0.412. The Bertz CT molecular complexity index is 632. The van der Waals surface area contributed by atoms with Crippen LogP contribution in [0.25, 0.3) is 0 Å². The molecule has 1 aliphatic rings. The van der Waals surface area contributed by atoms with Gasteiger partial charge in [-0.05, 0) is 42.5 Å². The molecule has 1 N–H and O–H groups in total. The summed E-state index contributed by atoms with van der Waals surface area (Å²) in [7, 11) is 0. The van der Waals surface area contributed by atoms with Crippen LogP contribution in [0.3, 0.4) is 0 Å². The zero-order valence-electron chi connectivity index (χ0n) is 12.6. The van der Waals surface area contributed by atoms with E-state index in [2.05, 4.69) is 17.3 Å². The van der Waals surface area contributed by atoms with Gasteiger partial charge in [0.25, 0.3) is 0 Å². The molecule has 0 aliphatic heterocycles. The molecule has 4 nitrogen and oxygen atoms in total. The zero-order valence-corrected chi connectivity index (χ0v) is 12.6. The van der Waals surface area contributed by atoms with Crippen molar-refractivity contribution in [1.29, 1.82) is 0 Å². The minimum atomic E-state index is -0.445. The Kier molecular flexibility index (Phi) is 3.96. The number of carbonyl (C=O) groups excluding carboxylic acids is 1. The van der Waals surface area contributed by atoms with Gasteiger partial charge >= 0.3 is 0 Å². The largest absolute Gasteiger partial charge is 0.355 e. The average Bonchev–Trinajstić information content (AvgIpc) is 3.17. The Labute approximate surface area is 129 Å². The van der Waals surface area contributed by atoms with Crippen LogP contribution in [0.4, 0.5) is 4.39 Å². The number of nitrogens with one attached hydrogen (secondary N) is 1. The second kappa shape index (κ2) is 5.91. The summed E-state index contributed by atoms with van der Waals surface area (Å²) in [4.78, 5) is 12.5. The highest BCUT2D eigenvalue weighted by Gasteiger charge is 2.51. The molecular weight excluding hydrogens is 281 g/mol. The van der Waals surface area contributed by atoms with Crippen molar-refractivity contribution < 1.29 is 9.18 Å². The van der Waals surface area contributed by atoms with Gasteiger partial charge in [0, 0.05) is 25.5 Å². The molecule has 1 heterocycles. The first-order chi connectivity index (χ1) is 10.6. The van der Waals surface area contributed by atoms with Gasteiger partial charge in [0.15, 0.2) is 0 Å². The molecule has 2 aromatic rings. The third-order valence-electron chi connectivity index (χ3n) is 4.25. The molecule has 5 heteroatoms. The average molecular weight is 301 g/mol. The molecule has 1 saturated carbocycles. The second-order valence-electron chi connectivity index (χ2n) is 6.13. The highest BCUT2D eigenvalue weighted by Crippen LogP contribution is 2.48. The summed E-state index contributed by atoms with van der Waals surface area (Å²) in [5.41, 5.74) is 0.463.